The van der Waals surface area contributed by atoms with Crippen molar-refractivity contribution in [1.82, 2.24) is 9.78 Å². The standard InChI is InChI=1S/C7H10ClN3O2/c1-4-5(6(8)10-12)7(13-3)11(2)9-4/h12H,1-3H3/b10-6-. The highest BCUT2D eigenvalue weighted by Gasteiger charge is 2.17. The second-order valence-electron chi connectivity index (χ2n) is 2.48. The average molecular weight is 204 g/mol. The van der Waals surface area contributed by atoms with Crippen LogP contribution in [0.15, 0.2) is 5.16 Å². The summed E-state index contributed by atoms with van der Waals surface area (Å²) in [6.07, 6.45) is 0. The molecule has 0 aliphatic carbocycles. The number of methoxy groups -OCH3 is 1. The molecule has 0 saturated heterocycles. The van der Waals surface area contributed by atoms with Crippen LogP contribution in [0.2, 0.25) is 0 Å². The van der Waals surface area contributed by atoms with Gasteiger partial charge in [-0.15, -0.1) is 0 Å². The van der Waals surface area contributed by atoms with E-state index in [1.807, 2.05) is 0 Å². The molecule has 6 heteroatoms. The summed E-state index contributed by atoms with van der Waals surface area (Å²) in [6.45, 7) is 1.76. The molecule has 0 unspecified atom stereocenters. The van der Waals surface area contributed by atoms with Crippen molar-refractivity contribution < 1.29 is 9.94 Å². The van der Waals surface area contributed by atoms with Crippen molar-refractivity contribution in [2.75, 3.05) is 7.11 Å². The molecule has 0 bridgehead atoms. The molecular weight excluding hydrogens is 194 g/mol. The van der Waals surface area contributed by atoms with E-state index in [4.69, 9.17) is 21.5 Å². The number of aromatic nitrogens is 2. The fraction of sp³-hybridized carbons (Fsp3) is 0.429. The minimum absolute atomic E-state index is 0.0255. The molecule has 0 atom stereocenters. The zero-order chi connectivity index (χ0) is 10.0. The first-order chi connectivity index (χ1) is 6.11. The summed E-state index contributed by atoms with van der Waals surface area (Å²) < 4.78 is 6.57. The van der Waals surface area contributed by atoms with Gasteiger partial charge in [0.1, 0.15) is 5.56 Å². The Balaban J connectivity index is 3.33. The SMILES string of the molecule is COc1c(/C(Cl)=N/O)c(C)nn1C. The highest BCUT2D eigenvalue weighted by molar-refractivity contribution is 6.69. The third-order valence-electron chi connectivity index (χ3n) is 1.66. The molecule has 0 spiro atoms. The number of oxime groups is 1. The van der Waals surface area contributed by atoms with Crippen LogP contribution in [0.1, 0.15) is 11.3 Å². The highest BCUT2D eigenvalue weighted by Crippen LogP contribution is 2.22. The lowest BCUT2D eigenvalue weighted by Crippen LogP contribution is -1.99. The maximum absolute atomic E-state index is 8.51. The van der Waals surface area contributed by atoms with Gasteiger partial charge in [0.05, 0.1) is 12.8 Å². The van der Waals surface area contributed by atoms with E-state index in [2.05, 4.69) is 10.3 Å². The van der Waals surface area contributed by atoms with E-state index in [1.165, 1.54) is 11.8 Å². The van der Waals surface area contributed by atoms with Crippen LogP contribution in [0.5, 0.6) is 5.88 Å². The monoisotopic (exact) mass is 203 g/mol. The molecule has 1 heterocycles. The van der Waals surface area contributed by atoms with Crippen LogP contribution in [0, 0.1) is 6.92 Å². The number of aryl methyl sites for hydroxylation is 2. The van der Waals surface area contributed by atoms with Crippen molar-refractivity contribution in [2.24, 2.45) is 12.2 Å². The fourth-order valence-electron chi connectivity index (χ4n) is 1.16. The quantitative estimate of drug-likeness (QED) is 0.445. The van der Waals surface area contributed by atoms with Crippen molar-refractivity contribution in [3.63, 3.8) is 0 Å². The van der Waals surface area contributed by atoms with Gasteiger partial charge in [-0.2, -0.15) is 5.10 Å². The second-order valence-corrected chi connectivity index (χ2v) is 2.84. The van der Waals surface area contributed by atoms with Crippen molar-refractivity contribution in [3.05, 3.63) is 11.3 Å². The van der Waals surface area contributed by atoms with Crippen LogP contribution in [-0.2, 0) is 7.05 Å². The topological polar surface area (TPSA) is 59.6 Å². The van der Waals surface area contributed by atoms with Gasteiger partial charge in [0.15, 0.2) is 5.17 Å². The number of nitrogens with zero attached hydrogens (tertiary/aromatic N) is 3. The maximum atomic E-state index is 8.51. The lowest BCUT2D eigenvalue weighted by Gasteiger charge is -2.01. The van der Waals surface area contributed by atoms with E-state index in [1.54, 1.807) is 14.0 Å². The van der Waals surface area contributed by atoms with Gasteiger partial charge in [-0.3, -0.25) is 0 Å². The first kappa shape index (κ1) is 9.85. The Labute approximate surface area is 80.6 Å². The molecule has 0 aliphatic rings. The molecule has 0 aromatic carbocycles. The number of rotatable bonds is 2. The van der Waals surface area contributed by atoms with Crippen molar-refractivity contribution >= 4 is 16.8 Å². The molecule has 0 amide bonds. The molecule has 13 heavy (non-hydrogen) atoms. The van der Waals surface area contributed by atoms with E-state index in [0.717, 1.165) is 0 Å². The zero-order valence-electron chi connectivity index (χ0n) is 7.58. The summed E-state index contributed by atoms with van der Waals surface area (Å²) in [5, 5.41) is 15.4. The minimum atomic E-state index is -0.0255. The molecule has 0 saturated carbocycles. The van der Waals surface area contributed by atoms with E-state index >= 15 is 0 Å². The van der Waals surface area contributed by atoms with Crippen molar-refractivity contribution in [1.29, 1.82) is 0 Å². The maximum Gasteiger partial charge on any atom is 0.222 e. The van der Waals surface area contributed by atoms with Gasteiger partial charge in [-0.1, -0.05) is 16.8 Å². The molecule has 1 aromatic rings. The van der Waals surface area contributed by atoms with Crippen LogP contribution >= 0.6 is 11.6 Å². The van der Waals surface area contributed by atoms with E-state index in [9.17, 15) is 0 Å². The van der Waals surface area contributed by atoms with E-state index in [0.29, 0.717) is 17.1 Å². The van der Waals surface area contributed by atoms with Crippen molar-refractivity contribution in [2.45, 2.75) is 6.92 Å². The lowest BCUT2D eigenvalue weighted by molar-refractivity contribution is 0.320. The van der Waals surface area contributed by atoms with Crippen LogP contribution < -0.4 is 4.74 Å². The van der Waals surface area contributed by atoms with Crippen LogP contribution in [-0.4, -0.2) is 27.3 Å². The Morgan fingerprint density at radius 2 is 2.31 bits per heavy atom. The van der Waals surface area contributed by atoms with Gasteiger partial charge in [-0.05, 0) is 6.92 Å². The van der Waals surface area contributed by atoms with Gasteiger partial charge in [0, 0.05) is 7.05 Å². The molecule has 1 N–H and O–H groups in total. The minimum Gasteiger partial charge on any atom is -0.481 e. The third kappa shape index (κ3) is 1.60. The van der Waals surface area contributed by atoms with Gasteiger partial charge in [-0.25, -0.2) is 4.68 Å². The molecule has 72 valence electrons. The molecular formula is C7H10ClN3O2. The summed E-state index contributed by atoms with van der Waals surface area (Å²) in [4.78, 5) is 0. The van der Waals surface area contributed by atoms with Gasteiger partial charge >= 0.3 is 0 Å². The number of hydrogen-bond donors (Lipinski definition) is 1. The molecule has 5 nitrogen and oxygen atoms in total. The summed E-state index contributed by atoms with van der Waals surface area (Å²) in [6, 6.07) is 0. The normalized spacial score (nSPS) is 11.8. The zero-order valence-corrected chi connectivity index (χ0v) is 8.33. The summed E-state index contributed by atoms with van der Waals surface area (Å²) >= 11 is 5.66. The average Bonchev–Trinajstić information content (AvgIpc) is 2.39. The summed E-state index contributed by atoms with van der Waals surface area (Å²) in [5.74, 6) is 0.473. The molecule has 0 radical (unpaired) electrons. The smallest absolute Gasteiger partial charge is 0.222 e. The molecule has 1 rings (SSSR count). The number of halogens is 1. The Kier molecular flexibility index (Phi) is 2.77. The summed E-state index contributed by atoms with van der Waals surface area (Å²) in [5.41, 5.74) is 1.16. The molecule has 0 fully saturated rings. The van der Waals surface area contributed by atoms with Crippen LogP contribution in [0.3, 0.4) is 0 Å². The number of hydrogen-bond acceptors (Lipinski definition) is 4. The Bertz CT molecular complexity index is 346. The van der Waals surface area contributed by atoms with Crippen molar-refractivity contribution in [3.8, 4) is 5.88 Å². The first-order valence-corrected chi connectivity index (χ1v) is 3.95. The predicted octanol–water partition coefficient (Wildman–Crippen LogP) is 1.11. The Morgan fingerprint density at radius 3 is 2.77 bits per heavy atom. The van der Waals surface area contributed by atoms with E-state index in [-0.39, 0.29) is 5.17 Å². The lowest BCUT2D eigenvalue weighted by atomic mass is 10.3. The summed E-state index contributed by atoms with van der Waals surface area (Å²) in [7, 11) is 3.22. The predicted molar refractivity (Wildman–Crippen MR) is 48.7 cm³/mol. The van der Waals surface area contributed by atoms with Gasteiger partial charge in [0.25, 0.3) is 0 Å². The van der Waals surface area contributed by atoms with Gasteiger partial charge < -0.3 is 9.94 Å². The highest BCUT2D eigenvalue weighted by atomic mass is 35.5. The van der Waals surface area contributed by atoms with E-state index < -0.39 is 0 Å². The molecule has 1 aromatic heterocycles. The molecule has 0 aliphatic heterocycles. The van der Waals surface area contributed by atoms with Crippen LogP contribution in [0.25, 0.3) is 0 Å². The largest absolute Gasteiger partial charge is 0.481 e. The Hall–Kier alpha value is -1.23. The first-order valence-electron chi connectivity index (χ1n) is 3.57. The van der Waals surface area contributed by atoms with Gasteiger partial charge in [0.2, 0.25) is 5.88 Å². The number of ether oxygens (including phenoxy) is 1. The third-order valence-corrected chi connectivity index (χ3v) is 1.92. The fourth-order valence-corrected chi connectivity index (χ4v) is 1.38. The Morgan fingerprint density at radius 1 is 1.69 bits per heavy atom. The second kappa shape index (κ2) is 3.66. The van der Waals surface area contributed by atoms with Crippen LogP contribution in [0.4, 0.5) is 0 Å².